The van der Waals surface area contributed by atoms with Gasteiger partial charge in [0, 0.05) is 25.7 Å². The van der Waals surface area contributed by atoms with Gasteiger partial charge < -0.3 is 14.5 Å². The number of hydrogen-bond donors (Lipinski definition) is 1. The first-order valence-corrected chi connectivity index (χ1v) is 12.7. The summed E-state index contributed by atoms with van der Waals surface area (Å²) < 4.78 is 40.3. The second-order valence-corrected chi connectivity index (χ2v) is 10.6. The average Bonchev–Trinajstić information content (AvgIpc) is 3.50. The molecule has 2 aromatic heterocycles. The van der Waals surface area contributed by atoms with Crippen molar-refractivity contribution in [2.45, 2.75) is 28.8 Å². The van der Waals surface area contributed by atoms with E-state index in [9.17, 15) is 13.2 Å². The summed E-state index contributed by atoms with van der Waals surface area (Å²) in [7, 11) is -2.08. The van der Waals surface area contributed by atoms with Crippen LogP contribution in [0.1, 0.15) is 12.7 Å². The zero-order chi connectivity index (χ0) is 23.4. The maximum Gasteiger partial charge on any atom is 0.243 e. The summed E-state index contributed by atoms with van der Waals surface area (Å²) in [6, 6.07) is 10.3. The van der Waals surface area contributed by atoms with E-state index in [2.05, 4.69) is 15.5 Å². The van der Waals surface area contributed by atoms with Crippen LogP contribution in [0.4, 0.5) is 0 Å². The van der Waals surface area contributed by atoms with Crippen molar-refractivity contribution in [1.82, 2.24) is 24.4 Å². The number of ether oxygens (including phenoxy) is 1. The molecule has 1 atom stereocenters. The number of nitrogens with zero attached hydrogens (tertiary/aromatic N) is 4. The highest BCUT2D eigenvalue weighted by Gasteiger charge is 2.27. The fourth-order valence-corrected chi connectivity index (χ4v) is 5.80. The van der Waals surface area contributed by atoms with Crippen LogP contribution in [0.3, 0.4) is 0 Å². The van der Waals surface area contributed by atoms with Gasteiger partial charge in [-0.25, -0.2) is 8.42 Å². The van der Waals surface area contributed by atoms with E-state index in [1.54, 1.807) is 50.6 Å². The number of rotatable bonds is 8. The summed E-state index contributed by atoms with van der Waals surface area (Å²) in [5.41, 5.74) is 0.600. The van der Waals surface area contributed by atoms with Crippen molar-refractivity contribution in [1.29, 1.82) is 0 Å². The van der Waals surface area contributed by atoms with Crippen LogP contribution in [0.15, 0.2) is 57.1 Å². The SMILES string of the molecule is CNC(=O)[C@H](C)Sc1nnc(-c2cccc(S(=O)(=O)N3CCOCC3)c2)n1Cc1ccco1. The molecule has 0 aliphatic carbocycles. The predicted molar refractivity (Wildman–Crippen MR) is 122 cm³/mol. The Morgan fingerprint density at radius 1 is 1.21 bits per heavy atom. The highest BCUT2D eigenvalue weighted by molar-refractivity contribution is 8.00. The molecule has 176 valence electrons. The van der Waals surface area contributed by atoms with Crippen LogP contribution in [0, 0.1) is 0 Å². The molecule has 0 radical (unpaired) electrons. The summed E-state index contributed by atoms with van der Waals surface area (Å²) in [6.07, 6.45) is 1.58. The van der Waals surface area contributed by atoms with Gasteiger partial charge in [-0.05, 0) is 31.2 Å². The van der Waals surface area contributed by atoms with Crippen LogP contribution in [0.5, 0.6) is 0 Å². The predicted octanol–water partition coefficient (Wildman–Crippen LogP) is 1.83. The molecule has 4 rings (SSSR count). The fourth-order valence-electron chi connectivity index (χ4n) is 3.44. The molecule has 0 bridgehead atoms. The third-order valence-corrected chi connectivity index (χ3v) is 8.18. The lowest BCUT2D eigenvalue weighted by atomic mass is 10.2. The van der Waals surface area contributed by atoms with Crippen LogP contribution in [-0.2, 0) is 26.1 Å². The number of thioether (sulfide) groups is 1. The number of nitrogens with one attached hydrogen (secondary N) is 1. The monoisotopic (exact) mass is 491 g/mol. The molecule has 0 unspecified atom stereocenters. The third-order valence-electron chi connectivity index (χ3n) is 5.21. The minimum absolute atomic E-state index is 0.132. The third kappa shape index (κ3) is 5.13. The van der Waals surface area contributed by atoms with E-state index in [4.69, 9.17) is 9.15 Å². The second kappa shape index (κ2) is 10.1. The van der Waals surface area contributed by atoms with Crippen molar-refractivity contribution in [2.24, 2.45) is 0 Å². The minimum Gasteiger partial charge on any atom is -0.467 e. The van der Waals surface area contributed by atoms with Gasteiger partial charge in [0.2, 0.25) is 15.9 Å². The molecular formula is C21H25N5O5S2. The summed E-state index contributed by atoms with van der Waals surface area (Å²) >= 11 is 1.27. The Bertz CT molecular complexity index is 1200. The number of carbonyl (C=O) groups is 1. The molecule has 3 heterocycles. The van der Waals surface area contributed by atoms with Gasteiger partial charge in [0.15, 0.2) is 11.0 Å². The number of amides is 1. The van der Waals surface area contributed by atoms with Gasteiger partial charge in [0.25, 0.3) is 0 Å². The zero-order valence-corrected chi connectivity index (χ0v) is 19.9. The van der Waals surface area contributed by atoms with Gasteiger partial charge in [-0.15, -0.1) is 10.2 Å². The number of sulfonamides is 1. The Hall–Kier alpha value is -2.67. The molecule has 1 saturated heterocycles. The smallest absolute Gasteiger partial charge is 0.243 e. The fraction of sp³-hybridized carbons (Fsp3) is 0.381. The molecule has 1 aliphatic heterocycles. The molecule has 1 fully saturated rings. The first-order valence-electron chi connectivity index (χ1n) is 10.4. The van der Waals surface area contributed by atoms with Crippen molar-refractivity contribution in [2.75, 3.05) is 33.4 Å². The topological polar surface area (TPSA) is 120 Å². The van der Waals surface area contributed by atoms with Gasteiger partial charge >= 0.3 is 0 Å². The van der Waals surface area contributed by atoms with E-state index < -0.39 is 15.3 Å². The van der Waals surface area contributed by atoms with Gasteiger partial charge in [0.1, 0.15) is 5.76 Å². The summed E-state index contributed by atoms with van der Waals surface area (Å²) in [5, 5.41) is 11.4. The van der Waals surface area contributed by atoms with Gasteiger partial charge in [0.05, 0.1) is 36.2 Å². The Morgan fingerprint density at radius 3 is 2.70 bits per heavy atom. The van der Waals surface area contributed by atoms with Crippen LogP contribution in [0.25, 0.3) is 11.4 Å². The largest absolute Gasteiger partial charge is 0.467 e. The van der Waals surface area contributed by atoms with Crippen molar-refractivity contribution in [3.8, 4) is 11.4 Å². The zero-order valence-electron chi connectivity index (χ0n) is 18.3. The van der Waals surface area contributed by atoms with E-state index >= 15 is 0 Å². The number of morpholine rings is 1. The number of furan rings is 1. The van der Waals surface area contributed by atoms with Gasteiger partial charge in [-0.2, -0.15) is 4.31 Å². The Balaban J connectivity index is 1.71. The molecule has 0 saturated carbocycles. The standard InChI is InChI=1S/C21H25N5O5S2/c1-15(20(27)22-2)32-21-24-23-19(26(21)14-17-6-4-10-31-17)16-5-3-7-18(13-16)33(28,29)25-8-11-30-12-9-25/h3-7,10,13,15H,8-9,11-12,14H2,1-2H3,(H,22,27)/t15-/m0/s1. The minimum atomic E-state index is -3.66. The lowest BCUT2D eigenvalue weighted by Gasteiger charge is -2.26. The maximum absolute atomic E-state index is 13.1. The Labute approximate surface area is 196 Å². The molecule has 1 N–H and O–H groups in total. The summed E-state index contributed by atoms with van der Waals surface area (Å²) in [5.74, 6) is 1.03. The lowest BCUT2D eigenvalue weighted by Crippen LogP contribution is -2.40. The van der Waals surface area contributed by atoms with E-state index in [1.165, 1.54) is 16.1 Å². The van der Waals surface area contributed by atoms with Gasteiger partial charge in [-0.3, -0.25) is 9.36 Å². The van der Waals surface area contributed by atoms with E-state index in [1.807, 2.05) is 10.6 Å². The van der Waals surface area contributed by atoms with Crippen LogP contribution in [-0.4, -0.2) is 72.0 Å². The van der Waals surface area contributed by atoms with E-state index in [0.717, 1.165) is 0 Å². The molecule has 10 nitrogen and oxygen atoms in total. The Kier molecular flexibility index (Phi) is 7.17. The summed E-state index contributed by atoms with van der Waals surface area (Å²) in [6.45, 7) is 3.50. The van der Waals surface area contributed by atoms with Crippen molar-refractivity contribution in [3.63, 3.8) is 0 Å². The summed E-state index contributed by atoms with van der Waals surface area (Å²) in [4.78, 5) is 12.2. The highest BCUT2D eigenvalue weighted by Crippen LogP contribution is 2.29. The van der Waals surface area contributed by atoms with Crippen LogP contribution < -0.4 is 5.32 Å². The normalized spacial score (nSPS) is 15.9. The lowest BCUT2D eigenvalue weighted by molar-refractivity contribution is -0.119. The van der Waals surface area contributed by atoms with Crippen LogP contribution in [0.2, 0.25) is 0 Å². The highest BCUT2D eigenvalue weighted by atomic mass is 32.2. The maximum atomic E-state index is 13.1. The number of aromatic nitrogens is 3. The molecule has 1 amide bonds. The van der Waals surface area contributed by atoms with E-state index in [0.29, 0.717) is 55.2 Å². The Morgan fingerprint density at radius 2 is 2.00 bits per heavy atom. The number of carbonyl (C=O) groups excluding carboxylic acids is 1. The molecule has 12 heteroatoms. The van der Waals surface area contributed by atoms with Gasteiger partial charge in [-0.1, -0.05) is 23.9 Å². The second-order valence-electron chi connectivity index (χ2n) is 7.39. The quantitative estimate of drug-likeness (QED) is 0.474. The molecule has 0 spiro atoms. The van der Waals surface area contributed by atoms with Crippen molar-refractivity contribution >= 4 is 27.7 Å². The van der Waals surface area contributed by atoms with Crippen molar-refractivity contribution in [3.05, 3.63) is 48.4 Å². The van der Waals surface area contributed by atoms with Crippen molar-refractivity contribution < 1.29 is 22.4 Å². The average molecular weight is 492 g/mol. The molecular weight excluding hydrogens is 466 g/mol. The number of benzene rings is 1. The number of hydrogen-bond acceptors (Lipinski definition) is 8. The molecule has 1 aromatic carbocycles. The first-order chi connectivity index (χ1) is 15.9. The first kappa shape index (κ1) is 23.5. The molecule has 33 heavy (non-hydrogen) atoms. The van der Waals surface area contributed by atoms with E-state index in [-0.39, 0.29) is 10.8 Å². The van der Waals surface area contributed by atoms with Crippen LogP contribution >= 0.6 is 11.8 Å². The molecule has 3 aromatic rings. The molecule has 1 aliphatic rings.